The van der Waals surface area contributed by atoms with E-state index in [1.165, 1.54) is 12.8 Å². The maximum Gasteiger partial charge on any atom is 0.220 e. The molecule has 1 aromatic rings. The molecule has 0 radical (unpaired) electrons. The molecule has 1 amide bonds. The molecule has 2 atom stereocenters. The van der Waals surface area contributed by atoms with Crippen LogP contribution in [0.3, 0.4) is 0 Å². The van der Waals surface area contributed by atoms with E-state index in [0.29, 0.717) is 24.8 Å². The van der Waals surface area contributed by atoms with Gasteiger partial charge in [0.2, 0.25) is 5.91 Å². The topological polar surface area (TPSA) is 69.8 Å². The number of aromatic amines is 1. The Kier molecular flexibility index (Phi) is 9.63. The van der Waals surface area contributed by atoms with Gasteiger partial charge in [-0.15, -0.1) is 24.8 Å². The van der Waals surface area contributed by atoms with E-state index in [2.05, 4.69) is 27.5 Å². The number of nitrogens with one attached hydrogen (secondary N) is 3. The van der Waals surface area contributed by atoms with Gasteiger partial charge in [-0.05, 0) is 37.8 Å². The Morgan fingerprint density at radius 3 is 2.95 bits per heavy atom. The van der Waals surface area contributed by atoms with Crippen molar-refractivity contribution in [1.29, 1.82) is 0 Å². The molecule has 0 aliphatic carbocycles. The zero-order chi connectivity index (χ0) is 12.8. The highest BCUT2D eigenvalue weighted by Crippen LogP contribution is 2.22. The van der Waals surface area contributed by atoms with Crippen LogP contribution < -0.4 is 10.6 Å². The van der Waals surface area contributed by atoms with E-state index < -0.39 is 0 Å². The molecular weight excluding hydrogens is 299 g/mol. The molecule has 1 aliphatic rings. The van der Waals surface area contributed by atoms with Gasteiger partial charge >= 0.3 is 0 Å². The minimum atomic E-state index is 0. The number of carbonyl (C=O) groups is 1. The first kappa shape index (κ1) is 19.2. The van der Waals surface area contributed by atoms with E-state index in [0.717, 1.165) is 18.9 Å². The van der Waals surface area contributed by atoms with E-state index in [-0.39, 0.29) is 30.7 Å². The summed E-state index contributed by atoms with van der Waals surface area (Å²) in [5.41, 5.74) is 0. The van der Waals surface area contributed by atoms with E-state index in [9.17, 15) is 4.79 Å². The Balaban J connectivity index is 0.00000180. The number of hydrogen-bond acceptors (Lipinski definition) is 3. The van der Waals surface area contributed by atoms with Crippen LogP contribution in [0.5, 0.6) is 0 Å². The summed E-state index contributed by atoms with van der Waals surface area (Å²) >= 11 is 0. The van der Waals surface area contributed by atoms with Gasteiger partial charge in [0.1, 0.15) is 5.82 Å². The van der Waals surface area contributed by atoms with Gasteiger partial charge in [-0.1, -0.05) is 6.92 Å². The van der Waals surface area contributed by atoms with Crippen molar-refractivity contribution in [2.75, 3.05) is 13.1 Å². The van der Waals surface area contributed by atoms with Gasteiger partial charge in [0.25, 0.3) is 0 Å². The number of carbonyl (C=O) groups excluding carboxylic acids is 1. The van der Waals surface area contributed by atoms with Gasteiger partial charge in [-0.2, -0.15) is 0 Å². The fourth-order valence-electron chi connectivity index (χ4n) is 2.47. The first-order chi connectivity index (χ1) is 8.75. The van der Waals surface area contributed by atoms with Gasteiger partial charge in [-0.25, -0.2) is 4.98 Å². The molecule has 2 rings (SSSR count). The van der Waals surface area contributed by atoms with Crippen LogP contribution >= 0.6 is 24.8 Å². The highest BCUT2D eigenvalue weighted by atomic mass is 35.5. The summed E-state index contributed by atoms with van der Waals surface area (Å²) in [4.78, 5) is 18.9. The van der Waals surface area contributed by atoms with Crippen LogP contribution in [0.25, 0.3) is 0 Å². The zero-order valence-electron chi connectivity index (χ0n) is 11.7. The second kappa shape index (κ2) is 10.0. The lowest BCUT2D eigenvalue weighted by Crippen LogP contribution is -2.35. The van der Waals surface area contributed by atoms with Crippen LogP contribution in [-0.2, 0) is 11.3 Å². The summed E-state index contributed by atoms with van der Waals surface area (Å²) in [7, 11) is 0. The normalized spacial score (nSPS) is 19.4. The fourth-order valence-corrected chi connectivity index (χ4v) is 2.47. The van der Waals surface area contributed by atoms with Gasteiger partial charge < -0.3 is 15.6 Å². The second-order valence-corrected chi connectivity index (χ2v) is 5.10. The van der Waals surface area contributed by atoms with Crippen molar-refractivity contribution >= 4 is 30.7 Å². The minimum Gasteiger partial charge on any atom is -0.349 e. The number of imidazole rings is 1. The second-order valence-electron chi connectivity index (χ2n) is 5.10. The summed E-state index contributed by atoms with van der Waals surface area (Å²) in [6.45, 7) is 4.83. The molecule has 0 aromatic carbocycles. The van der Waals surface area contributed by atoms with Crippen molar-refractivity contribution < 1.29 is 4.79 Å². The minimum absolute atomic E-state index is 0. The molecule has 1 fully saturated rings. The Labute approximate surface area is 132 Å². The molecule has 1 aromatic heterocycles. The van der Waals surface area contributed by atoms with Crippen LogP contribution in [0.1, 0.15) is 32.0 Å². The molecule has 1 saturated heterocycles. The van der Waals surface area contributed by atoms with Crippen LogP contribution in [0.15, 0.2) is 12.4 Å². The lowest BCUT2D eigenvalue weighted by atomic mass is 9.85. The van der Waals surface area contributed by atoms with Crippen LogP contribution in [0.2, 0.25) is 0 Å². The maximum absolute atomic E-state index is 11.8. The number of nitrogens with zero attached hydrogens (tertiary/aromatic N) is 1. The lowest BCUT2D eigenvalue weighted by molar-refractivity contribution is -0.122. The molecule has 2 heterocycles. The summed E-state index contributed by atoms with van der Waals surface area (Å²) in [5, 5.41) is 6.30. The van der Waals surface area contributed by atoms with Crippen molar-refractivity contribution in [2.45, 2.75) is 32.7 Å². The molecule has 116 valence electrons. The number of halogens is 2. The van der Waals surface area contributed by atoms with Crippen molar-refractivity contribution in [3.8, 4) is 0 Å². The first-order valence-electron chi connectivity index (χ1n) is 6.71. The third-order valence-electron chi connectivity index (χ3n) is 3.65. The van der Waals surface area contributed by atoms with E-state index in [4.69, 9.17) is 0 Å². The Hall–Kier alpha value is -0.780. The molecule has 3 N–H and O–H groups in total. The molecule has 1 aliphatic heterocycles. The fraction of sp³-hybridized carbons (Fsp3) is 0.692. The van der Waals surface area contributed by atoms with Crippen LogP contribution in [-0.4, -0.2) is 29.0 Å². The average Bonchev–Trinajstić information content (AvgIpc) is 2.90. The van der Waals surface area contributed by atoms with E-state index in [1.807, 2.05) is 0 Å². The number of rotatable bonds is 5. The molecule has 0 spiro atoms. The Bertz CT molecular complexity index is 366. The Morgan fingerprint density at radius 2 is 2.35 bits per heavy atom. The van der Waals surface area contributed by atoms with E-state index >= 15 is 0 Å². The molecule has 2 unspecified atom stereocenters. The number of piperidine rings is 1. The molecule has 20 heavy (non-hydrogen) atoms. The number of aromatic nitrogens is 2. The highest BCUT2D eigenvalue weighted by molar-refractivity contribution is 5.85. The average molecular weight is 323 g/mol. The maximum atomic E-state index is 11.8. The van der Waals surface area contributed by atoms with Crippen molar-refractivity contribution in [3.63, 3.8) is 0 Å². The largest absolute Gasteiger partial charge is 0.349 e. The smallest absolute Gasteiger partial charge is 0.220 e. The van der Waals surface area contributed by atoms with Gasteiger partial charge in [0.15, 0.2) is 0 Å². The first-order valence-corrected chi connectivity index (χ1v) is 6.71. The predicted molar refractivity (Wildman–Crippen MR) is 84.3 cm³/mol. The molecular formula is C13H24Cl2N4O. The van der Waals surface area contributed by atoms with Crippen LogP contribution in [0, 0.1) is 11.8 Å². The van der Waals surface area contributed by atoms with Crippen molar-refractivity contribution in [3.05, 3.63) is 18.2 Å². The third-order valence-corrected chi connectivity index (χ3v) is 3.65. The summed E-state index contributed by atoms with van der Waals surface area (Å²) in [6, 6.07) is 0. The summed E-state index contributed by atoms with van der Waals surface area (Å²) in [6.07, 6.45) is 6.52. The van der Waals surface area contributed by atoms with Gasteiger partial charge in [0.05, 0.1) is 6.54 Å². The molecule has 5 nitrogen and oxygen atoms in total. The monoisotopic (exact) mass is 322 g/mol. The van der Waals surface area contributed by atoms with Gasteiger partial charge in [-0.3, -0.25) is 4.79 Å². The highest BCUT2D eigenvalue weighted by Gasteiger charge is 2.21. The number of H-pyrrole nitrogens is 1. The molecule has 7 heteroatoms. The number of amides is 1. The summed E-state index contributed by atoms with van der Waals surface area (Å²) < 4.78 is 0. The SMILES string of the molecule is CC(CC(=O)NCc1ncc[nH]1)C1CCCNC1.Cl.Cl. The predicted octanol–water partition coefficient (Wildman–Crippen LogP) is 1.90. The van der Waals surface area contributed by atoms with Crippen molar-refractivity contribution in [2.24, 2.45) is 11.8 Å². The molecule has 0 saturated carbocycles. The quantitative estimate of drug-likeness (QED) is 0.775. The zero-order valence-corrected chi connectivity index (χ0v) is 13.4. The van der Waals surface area contributed by atoms with Crippen LogP contribution in [0.4, 0.5) is 0 Å². The third kappa shape index (κ3) is 6.11. The van der Waals surface area contributed by atoms with E-state index in [1.54, 1.807) is 12.4 Å². The standard InChI is InChI=1S/C13H22N4O.2ClH/c1-10(11-3-2-4-14-8-11)7-13(18)17-9-12-15-5-6-16-12;;/h5-6,10-11,14H,2-4,7-9H2,1H3,(H,15,16)(H,17,18);2*1H. The number of hydrogen-bond donors (Lipinski definition) is 3. The van der Waals surface area contributed by atoms with Gasteiger partial charge in [0, 0.05) is 18.8 Å². The molecule has 0 bridgehead atoms. The van der Waals surface area contributed by atoms with Crippen molar-refractivity contribution in [1.82, 2.24) is 20.6 Å². The lowest BCUT2D eigenvalue weighted by Gasteiger charge is -2.27. The Morgan fingerprint density at radius 1 is 1.55 bits per heavy atom. The summed E-state index contributed by atoms with van der Waals surface area (Å²) in [5.74, 6) is 1.99.